The molecule has 13 saturated heterocycles. The Kier molecular flexibility index (Phi) is 17.5. The normalized spacial score (nSPS) is 29.7. The summed E-state index contributed by atoms with van der Waals surface area (Å²) in [4.78, 5) is 145. The second-order valence-corrected chi connectivity index (χ2v) is 34.5. The van der Waals surface area contributed by atoms with Crippen molar-refractivity contribution in [2.24, 2.45) is 0 Å². The molecule has 580 valence electrons. The van der Waals surface area contributed by atoms with Crippen LogP contribution in [0.2, 0.25) is 0 Å². The number of piperazine rings is 2. The van der Waals surface area contributed by atoms with Crippen molar-refractivity contribution in [1.29, 1.82) is 0 Å². The number of rotatable bonds is 16. The summed E-state index contributed by atoms with van der Waals surface area (Å²) in [7, 11) is -18.2. The number of amides is 16. The number of carbonyl (C=O) groups excluding carboxylic acids is 8. The summed E-state index contributed by atoms with van der Waals surface area (Å²) < 4.78 is 156. The second kappa shape index (κ2) is 25.5. The van der Waals surface area contributed by atoms with Crippen molar-refractivity contribution in [2.45, 2.75) is 101 Å². The summed E-state index contributed by atoms with van der Waals surface area (Å²) in [6, 6.07) is -0.702. The van der Waals surface area contributed by atoms with Crippen LogP contribution in [0.4, 0.5) is 38.4 Å². The Hall–Kier alpha value is -8.72. The molecule has 15 heterocycles. The number of nitrogens with one attached hydrogen (secondary N) is 4. The smallest absolute Gasteiger partial charge is 0.326 e. The summed E-state index contributed by atoms with van der Waals surface area (Å²) in [6.45, 7) is 8.03. The third-order valence-electron chi connectivity index (χ3n) is 22.9. The van der Waals surface area contributed by atoms with E-state index >= 15 is 38.4 Å². The molecule has 0 radical (unpaired) electrons. The van der Waals surface area contributed by atoms with Crippen LogP contribution in [0.1, 0.15) is 49.9 Å². The first-order valence-corrected chi connectivity index (χ1v) is 40.5. The first-order chi connectivity index (χ1) is 49.9. The van der Waals surface area contributed by atoms with Gasteiger partial charge in [-0.15, -0.1) is 0 Å². The summed E-state index contributed by atoms with van der Waals surface area (Å²) >= 11 is 0. The van der Waals surface area contributed by atoms with Gasteiger partial charge in [-0.05, 0) is 52.0 Å². The Morgan fingerprint density at radius 3 is 0.670 bits per heavy atom. The van der Waals surface area contributed by atoms with Gasteiger partial charge in [0.2, 0.25) is 0 Å². The van der Waals surface area contributed by atoms with E-state index in [4.69, 9.17) is 18.9 Å². The van der Waals surface area contributed by atoms with Gasteiger partial charge in [0.1, 0.15) is 112 Å². The van der Waals surface area contributed by atoms with Crippen LogP contribution in [0.25, 0.3) is 0 Å². The molecule has 13 fully saturated rings. The van der Waals surface area contributed by atoms with E-state index in [2.05, 4.69) is 21.3 Å². The van der Waals surface area contributed by atoms with Gasteiger partial charge in [-0.25, -0.2) is 38.4 Å². The number of fused-ring (bicyclic) bond motifs is 2. The zero-order valence-electron chi connectivity index (χ0n) is 57.7. The number of hydrogen-bond acceptors (Lipinski definition) is 24. The molecule has 0 unspecified atom stereocenters. The van der Waals surface area contributed by atoms with Crippen molar-refractivity contribution in [1.82, 2.24) is 99.7 Å². The van der Waals surface area contributed by atoms with E-state index in [1.165, 1.54) is 103 Å². The average Bonchev–Trinajstić information content (AvgIpc) is 1.49. The van der Waals surface area contributed by atoms with Crippen molar-refractivity contribution in [3.63, 3.8) is 0 Å². The third kappa shape index (κ3) is 11.2. The second-order valence-electron chi connectivity index (χ2n) is 28.2. The Labute approximate surface area is 607 Å². The zero-order valence-corrected chi connectivity index (χ0v) is 61.0. The zero-order chi connectivity index (χ0) is 75.7. The predicted octanol–water partition coefficient (Wildman–Crippen LogP) is -3.31. The van der Waals surface area contributed by atoms with Crippen LogP contribution in [-0.2, 0) is 66.7 Å². The van der Waals surface area contributed by atoms with Crippen molar-refractivity contribution >= 4 is 88.7 Å². The van der Waals surface area contributed by atoms with Gasteiger partial charge < -0.3 is 40.2 Å². The molecule has 0 spiro atoms. The summed E-state index contributed by atoms with van der Waals surface area (Å²) in [5.41, 5.74) is -6.24. The molecule has 15 aliphatic rings. The van der Waals surface area contributed by atoms with Crippen molar-refractivity contribution in [3.05, 3.63) is 46.5 Å². The van der Waals surface area contributed by atoms with Crippen molar-refractivity contribution in [3.8, 4) is 23.0 Å². The van der Waals surface area contributed by atoms with Gasteiger partial charge in [0.25, 0.3) is 40.5 Å². The number of benzene rings is 2. The molecule has 17 rings (SSSR count). The molecule has 48 heteroatoms. The first kappa shape index (κ1) is 72.8. The summed E-state index contributed by atoms with van der Waals surface area (Å²) in [5, 5.41) is 12.9. The highest BCUT2D eigenvalue weighted by Crippen LogP contribution is 2.60. The van der Waals surface area contributed by atoms with Crippen LogP contribution in [0.3, 0.4) is 0 Å². The van der Waals surface area contributed by atoms with Gasteiger partial charge in [-0.2, -0.15) is 33.7 Å². The minimum atomic E-state index is -4.54. The number of urea groups is 8. The summed E-state index contributed by atoms with van der Waals surface area (Å²) in [5.74, 6) is -3.40. The molecular formula is C58H80N20O24S4. The monoisotopic (exact) mass is 1570 g/mol. The molecule has 8 N–H and O–H groups in total. The van der Waals surface area contributed by atoms with Gasteiger partial charge in [0.05, 0.1) is 26.2 Å². The van der Waals surface area contributed by atoms with Gasteiger partial charge in [0.15, 0.2) is 47.3 Å². The maximum Gasteiger partial charge on any atom is 0.326 e. The minimum absolute atomic E-state index is 0.00665. The van der Waals surface area contributed by atoms with Crippen LogP contribution < -0.4 is 40.2 Å². The minimum Gasteiger partial charge on any atom is -0.492 e. The molecule has 2 aromatic rings. The largest absolute Gasteiger partial charge is 0.492 e. The van der Waals surface area contributed by atoms with Crippen molar-refractivity contribution in [2.75, 3.05) is 142 Å². The maximum atomic E-state index is 15.5. The van der Waals surface area contributed by atoms with Crippen molar-refractivity contribution < 1.29 is 109 Å². The molecule has 44 nitrogen and oxygen atoms in total. The highest BCUT2D eigenvalue weighted by atomic mass is 32.2. The van der Waals surface area contributed by atoms with Crippen LogP contribution in [0.15, 0.2) is 24.3 Å². The van der Waals surface area contributed by atoms with Gasteiger partial charge in [-0.1, -0.05) is 0 Å². The molecule has 0 atom stereocenters. The van der Waals surface area contributed by atoms with E-state index < -0.39 is 225 Å². The number of nitrogens with zero attached hydrogens (tertiary/aromatic N) is 16. The summed E-state index contributed by atoms with van der Waals surface area (Å²) in [6.07, 6.45) is -5.28. The highest BCUT2D eigenvalue weighted by molar-refractivity contribution is 7.86. The lowest BCUT2D eigenvalue weighted by Gasteiger charge is -2.49. The molecule has 0 saturated carbocycles. The fourth-order valence-corrected chi connectivity index (χ4v) is 18.6. The van der Waals surface area contributed by atoms with E-state index in [1.54, 1.807) is 27.7 Å². The van der Waals surface area contributed by atoms with E-state index in [0.717, 1.165) is 52.4 Å². The Balaban J connectivity index is 0.000000684. The fraction of sp³-hybridized carbons (Fsp3) is 0.655. The average molecular weight is 1570 g/mol. The highest BCUT2D eigenvalue weighted by Gasteiger charge is 2.80. The quantitative estimate of drug-likeness (QED) is 0.0763. The van der Waals surface area contributed by atoms with E-state index in [-0.39, 0.29) is 71.4 Å². The van der Waals surface area contributed by atoms with Crippen LogP contribution in [0, 0.1) is 0 Å². The Bertz CT molecular complexity index is 4010. The van der Waals surface area contributed by atoms with E-state index in [1.807, 2.05) is 0 Å². The van der Waals surface area contributed by atoms with E-state index in [0.29, 0.717) is 0 Å². The Morgan fingerprint density at radius 2 is 0.491 bits per heavy atom. The van der Waals surface area contributed by atoms with Gasteiger partial charge in [0, 0.05) is 74.6 Å². The van der Waals surface area contributed by atoms with Gasteiger partial charge >= 0.3 is 48.2 Å². The lowest BCUT2D eigenvalue weighted by molar-refractivity contribution is -0.0871. The number of carbonyl (C=O) groups is 8. The lowest BCUT2D eigenvalue weighted by Crippen LogP contribution is -2.69. The molecule has 0 bridgehead atoms. The molecule has 16 amide bonds. The third-order valence-corrected chi connectivity index (χ3v) is 25.7. The first-order valence-electron chi connectivity index (χ1n) is 34.0. The SMILES string of the molecule is C1CNCCN1.C1CNCCN1.CC12N3Cc4c(OCCS(=O)(=O)O)ccc(OCCS(=O)(=O)O)c4CN1C(=O)N1CN4C(=O)N5CN6C(=O)N7CN8C(=O)N9Cc%10c(OCCS(=O)(=O)O)ccc(OCCS(=O)(=O)O)c%10CN%10C(=O)N(CN%11C(=O)N(CN%12C(=O)N(CN(C3=O)C12C)C4C%125)C6C%117)C8(C)C%109C. The lowest BCUT2D eigenvalue weighted by atomic mass is 9.95. The Morgan fingerprint density at radius 1 is 0.311 bits per heavy atom. The standard InChI is InChI=1S/C50H60N16O24S4.2C4H10N2/c1-47-49(3)63-23-55-37-35-51(39(55)67)21-53-36-38-57(41(53)69)25-65-45(73)61-19-29-30(34(90-12-16-94(84,85)86)8-7-33(29)89-11-15-93(81,82)83)20-62-46(74)66(50(65,4)48(61,62)2)26-58(38)42(70)54(36)22-52(35)40(68)56(37)24-64(49)44(72)60(47)18-28-27(17-59(47)43(63)71)31(87-9-13-91(75,76)77)5-6-32(28)88-10-14-92(78,79)80;2*1-2-6-4-3-5-1/h5-8,35-38H,9-26H2,1-4H3,(H,75,76,77)(H,78,79,80)(H,81,82,83)(H,84,85,86);2*5-6H,1-4H2. The molecule has 15 aliphatic heterocycles. The van der Waals surface area contributed by atoms with Crippen LogP contribution in [0.5, 0.6) is 23.0 Å². The van der Waals surface area contributed by atoms with Crippen LogP contribution in [-0.4, -0.2) is 368 Å². The van der Waals surface area contributed by atoms with Gasteiger partial charge in [-0.3, -0.25) is 96.6 Å². The maximum absolute atomic E-state index is 15.5. The molecular weight excluding hydrogens is 1490 g/mol. The molecule has 106 heavy (non-hydrogen) atoms. The van der Waals surface area contributed by atoms with Crippen LogP contribution >= 0.6 is 0 Å². The number of hydrogen-bond donors (Lipinski definition) is 8. The van der Waals surface area contributed by atoms with E-state index in [9.17, 15) is 51.9 Å². The topological polar surface area (TPSA) is 491 Å². The number of ether oxygens (including phenoxy) is 4. The molecule has 0 aromatic heterocycles. The molecule has 0 aliphatic carbocycles. The predicted molar refractivity (Wildman–Crippen MR) is 357 cm³/mol. The molecule has 2 aromatic carbocycles. The fourth-order valence-electron chi connectivity index (χ4n) is 17.4.